The van der Waals surface area contributed by atoms with Gasteiger partial charge in [-0.3, -0.25) is 0 Å². The Labute approximate surface area is 202 Å². The molecule has 1 fully saturated rings. The molecule has 0 bridgehead atoms. The molecule has 1 aliphatic rings. The average Bonchev–Trinajstić information content (AvgIpc) is 2.87. The highest BCUT2D eigenvalue weighted by atomic mass is 19.2. The largest absolute Gasteiger partial charge is 0.207 e. The van der Waals surface area contributed by atoms with E-state index in [0.29, 0.717) is 24.0 Å². The van der Waals surface area contributed by atoms with Crippen LogP contribution in [0.2, 0.25) is 0 Å². The van der Waals surface area contributed by atoms with Crippen molar-refractivity contribution in [3.8, 4) is 11.1 Å². The molecule has 34 heavy (non-hydrogen) atoms. The summed E-state index contributed by atoms with van der Waals surface area (Å²) >= 11 is 0. The molecular formula is C31H35F3. The first-order valence-electron chi connectivity index (χ1n) is 12.8. The van der Waals surface area contributed by atoms with Crippen molar-refractivity contribution in [1.82, 2.24) is 0 Å². The maximum atomic E-state index is 14.9. The van der Waals surface area contributed by atoms with Gasteiger partial charge in [-0.15, -0.1) is 0 Å². The second kappa shape index (κ2) is 11.3. The zero-order valence-corrected chi connectivity index (χ0v) is 20.3. The quantitative estimate of drug-likeness (QED) is 0.312. The number of halogens is 3. The van der Waals surface area contributed by atoms with Crippen molar-refractivity contribution in [3.63, 3.8) is 0 Å². The summed E-state index contributed by atoms with van der Waals surface area (Å²) in [7, 11) is 0. The zero-order valence-electron chi connectivity index (χ0n) is 20.3. The number of hydrogen-bond donors (Lipinski definition) is 0. The monoisotopic (exact) mass is 464 g/mol. The van der Waals surface area contributed by atoms with Crippen LogP contribution in [-0.4, -0.2) is 0 Å². The number of rotatable bonds is 8. The van der Waals surface area contributed by atoms with Gasteiger partial charge in [0, 0.05) is 0 Å². The average molecular weight is 465 g/mol. The minimum atomic E-state index is -0.686. The van der Waals surface area contributed by atoms with E-state index in [0.717, 1.165) is 66.7 Å². The lowest BCUT2D eigenvalue weighted by atomic mass is 9.77. The third-order valence-electron chi connectivity index (χ3n) is 7.60. The van der Waals surface area contributed by atoms with Gasteiger partial charge < -0.3 is 0 Å². The molecule has 0 aliphatic heterocycles. The summed E-state index contributed by atoms with van der Waals surface area (Å²) in [4.78, 5) is 0. The van der Waals surface area contributed by atoms with Crippen LogP contribution >= 0.6 is 0 Å². The van der Waals surface area contributed by atoms with Crippen LogP contribution in [0.5, 0.6) is 0 Å². The first-order chi connectivity index (χ1) is 16.5. The van der Waals surface area contributed by atoms with Crippen LogP contribution in [0.1, 0.15) is 80.5 Å². The first kappa shape index (κ1) is 24.6. The van der Waals surface area contributed by atoms with Gasteiger partial charge in [0.25, 0.3) is 0 Å². The number of benzene rings is 3. The molecule has 0 aromatic heterocycles. The summed E-state index contributed by atoms with van der Waals surface area (Å²) in [5.74, 6) is -0.632. The minimum Gasteiger partial charge on any atom is -0.207 e. The third-order valence-corrected chi connectivity index (χ3v) is 7.60. The topological polar surface area (TPSA) is 0 Å². The molecule has 0 N–H and O–H groups in total. The molecule has 0 unspecified atom stereocenters. The van der Waals surface area contributed by atoms with Crippen LogP contribution in [0.4, 0.5) is 13.2 Å². The van der Waals surface area contributed by atoms with Crippen LogP contribution in [-0.2, 0) is 19.3 Å². The van der Waals surface area contributed by atoms with E-state index in [9.17, 15) is 13.2 Å². The fourth-order valence-electron chi connectivity index (χ4n) is 5.34. The lowest BCUT2D eigenvalue weighted by molar-refractivity contribution is 0.312. The molecule has 3 aromatic rings. The molecule has 1 saturated carbocycles. The molecule has 0 nitrogen and oxygen atoms in total. The Morgan fingerprint density at radius 2 is 1.35 bits per heavy atom. The van der Waals surface area contributed by atoms with E-state index in [2.05, 4.69) is 6.92 Å². The van der Waals surface area contributed by atoms with Gasteiger partial charge in [-0.25, -0.2) is 13.2 Å². The number of aryl methyl sites for hydroxylation is 3. The predicted molar refractivity (Wildman–Crippen MR) is 135 cm³/mol. The van der Waals surface area contributed by atoms with Crippen LogP contribution in [0.3, 0.4) is 0 Å². The van der Waals surface area contributed by atoms with Gasteiger partial charge in [-0.05, 0) is 96.2 Å². The molecule has 0 saturated heterocycles. The van der Waals surface area contributed by atoms with E-state index < -0.39 is 11.6 Å². The molecule has 0 spiro atoms. The molecule has 1 aliphatic carbocycles. The molecular weight excluding hydrogens is 429 g/mol. The highest BCUT2D eigenvalue weighted by Gasteiger charge is 2.25. The second-order valence-electron chi connectivity index (χ2n) is 9.82. The minimum absolute atomic E-state index is 0.139. The molecule has 0 radical (unpaired) electrons. The Kier molecular flexibility index (Phi) is 8.13. The highest BCUT2D eigenvalue weighted by molar-refractivity contribution is 5.64. The van der Waals surface area contributed by atoms with Gasteiger partial charge in [-0.1, -0.05) is 75.2 Å². The van der Waals surface area contributed by atoms with Crippen molar-refractivity contribution in [2.45, 2.75) is 77.6 Å². The van der Waals surface area contributed by atoms with E-state index in [1.165, 1.54) is 6.42 Å². The highest BCUT2D eigenvalue weighted by Crippen LogP contribution is 2.38. The lowest BCUT2D eigenvalue weighted by Crippen LogP contribution is -2.14. The summed E-state index contributed by atoms with van der Waals surface area (Å²) in [6, 6.07) is 16.9. The molecule has 0 heterocycles. The summed E-state index contributed by atoms with van der Waals surface area (Å²) in [5.41, 5.74) is 4.58. The Bertz CT molecular complexity index is 1090. The zero-order chi connectivity index (χ0) is 24.1. The van der Waals surface area contributed by atoms with Crippen LogP contribution in [0, 0.1) is 23.4 Å². The van der Waals surface area contributed by atoms with E-state index in [1.54, 1.807) is 12.1 Å². The maximum Gasteiger partial charge on any atom is 0.162 e. The molecule has 3 aromatic carbocycles. The smallest absolute Gasteiger partial charge is 0.162 e. The fraction of sp³-hybridized carbons (Fsp3) is 0.419. The van der Waals surface area contributed by atoms with E-state index in [4.69, 9.17) is 0 Å². The Balaban J connectivity index is 1.40. The molecule has 3 heteroatoms. The molecule has 0 amide bonds. The third kappa shape index (κ3) is 5.56. The molecule has 4 rings (SSSR count). The van der Waals surface area contributed by atoms with Crippen LogP contribution < -0.4 is 0 Å². The first-order valence-corrected chi connectivity index (χ1v) is 12.8. The Morgan fingerprint density at radius 1 is 0.676 bits per heavy atom. The lowest BCUT2D eigenvalue weighted by Gasteiger charge is -2.28. The van der Waals surface area contributed by atoms with E-state index >= 15 is 0 Å². The van der Waals surface area contributed by atoms with Gasteiger partial charge in [0.15, 0.2) is 11.6 Å². The van der Waals surface area contributed by atoms with Gasteiger partial charge in [0.2, 0.25) is 0 Å². The van der Waals surface area contributed by atoms with Crippen LogP contribution in [0.15, 0.2) is 54.6 Å². The summed E-state index contributed by atoms with van der Waals surface area (Å²) in [6.45, 7) is 4.25. The standard InChI is InChI=1S/C31H35F3/c1-3-5-25-16-17-27(20-29(25)32)23-11-8-22(9-12-23)10-15-26-18-19-28(31(34)30(26)33)24-13-6-21(4-2)7-14-24/h8-9,11-12,16-21,24H,3-7,10,13-15H2,1-2H3. The fourth-order valence-corrected chi connectivity index (χ4v) is 5.34. The van der Waals surface area contributed by atoms with E-state index in [1.807, 2.05) is 49.4 Å². The van der Waals surface area contributed by atoms with Gasteiger partial charge in [0.1, 0.15) is 5.82 Å². The Morgan fingerprint density at radius 3 is 2.00 bits per heavy atom. The normalized spacial score (nSPS) is 18.3. The SMILES string of the molecule is CCCc1ccc(-c2ccc(CCc3ccc(C4CCC(CC)CC4)c(F)c3F)cc2)cc1F. The van der Waals surface area contributed by atoms with Gasteiger partial charge in [0.05, 0.1) is 0 Å². The van der Waals surface area contributed by atoms with Crippen molar-refractivity contribution < 1.29 is 13.2 Å². The Hall–Kier alpha value is -2.55. The predicted octanol–water partition coefficient (Wildman–Crippen LogP) is 9.19. The van der Waals surface area contributed by atoms with Gasteiger partial charge >= 0.3 is 0 Å². The van der Waals surface area contributed by atoms with Crippen molar-refractivity contribution >= 4 is 0 Å². The molecule has 180 valence electrons. The number of hydrogen-bond acceptors (Lipinski definition) is 0. The van der Waals surface area contributed by atoms with Gasteiger partial charge in [-0.2, -0.15) is 0 Å². The second-order valence-corrected chi connectivity index (χ2v) is 9.82. The summed E-state index contributed by atoms with van der Waals surface area (Å²) < 4.78 is 44.1. The maximum absolute atomic E-state index is 14.9. The van der Waals surface area contributed by atoms with Crippen molar-refractivity contribution in [2.24, 2.45) is 5.92 Å². The van der Waals surface area contributed by atoms with Crippen molar-refractivity contribution in [1.29, 1.82) is 0 Å². The van der Waals surface area contributed by atoms with E-state index in [-0.39, 0.29) is 11.7 Å². The summed E-state index contributed by atoms with van der Waals surface area (Å²) in [5, 5.41) is 0. The van der Waals surface area contributed by atoms with Crippen LogP contribution in [0.25, 0.3) is 11.1 Å². The molecule has 0 atom stereocenters. The summed E-state index contributed by atoms with van der Waals surface area (Å²) in [6.07, 6.45) is 8.02. The van der Waals surface area contributed by atoms with Crippen molar-refractivity contribution in [3.05, 3.63) is 94.3 Å². The van der Waals surface area contributed by atoms with Crippen molar-refractivity contribution in [2.75, 3.05) is 0 Å².